The maximum Gasteiger partial charge on any atom is 0.511 e. The lowest BCUT2D eigenvalue weighted by Crippen LogP contribution is -2.02. The summed E-state index contributed by atoms with van der Waals surface area (Å²) in [5.74, 6) is 0.941. The van der Waals surface area contributed by atoms with Crippen LogP contribution in [0.3, 0.4) is 0 Å². The van der Waals surface area contributed by atoms with Crippen molar-refractivity contribution in [3.8, 4) is 11.7 Å². The molecule has 9 heteroatoms. The highest BCUT2D eigenvalue weighted by molar-refractivity contribution is 7.99. The Kier molecular flexibility index (Phi) is 4.20. The van der Waals surface area contributed by atoms with Crippen molar-refractivity contribution in [1.29, 1.82) is 0 Å². The molecule has 0 spiro atoms. The third kappa shape index (κ3) is 3.29. The van der Waals surface area contributed by atoms with Crippen molar-refractivity contribution in [2.24, 2.45) is 0 Å². The monoisotopic (exact) mass is 336 g/mol. The fraction of sp³-hybridized carbons (Fsp3) is 0.214. The SMILES string of the molecule is CCCSc1cc2nc(-n3cc(OC(=O)O)cn3)[nH]c2cc1F. The second kappa shape index (κ2) is 6.29. The number of ether oxygens (including phenoxy) is 1. The number of rotatable bonds is 5. The van der Waals surface area contributed by atoms with E-state index < -0.39 is 6.16 Å². The largest absolute Gasteiger partial charge is 0.511 e. The van der Waals surface area contributed by atoms with Gasteiger partial charge in [0.25, 0.3) is 0 Å². The molecule has 0 bridgehead atoms. The van der Waals surface area contributed by atoms with Gasteiger partial charge in [0.15, 0.2) is 5.75 Å². The first kappa shape index (κ1) is 15.3. The van der Waals surface area contributed by atoms with Gasteiger partial charge in [-0.3, -0.25) is 0 Å². The number of nitrogens with zero attached hydrogens (tertiary/aromatic N) is 3. The highest BCUT2D eigenvalue weighted by atomic mass is 32.2. The smallest absolute Gasteiger partial charge is 0.449 e. The quantitative estimate of drug-likeness (QED) is 0.547. The van der Waals surface area contributed by atoms with Crippen LogP contribution in [0, 0.1) is 5.82 Å². The van der Waals surface area contributed by atoms with Crippen LogP contribution >= 0.6 is 11.8 Å². The van der Waals surface area contributed by atoms with E-state index in [9.17, 15) is 9.18 Å². The molecule has 120 valence electrons. The Bertz CT molecular complexity index is 861. The predicted octanol–water partition coefficient (Wildman–Crippen LogP) is 3.45. The van der Waals surface area contributed by atoms with Crippen LogP contribution in [0.15, 0.2) is 29.4 Å². The molecule has 0 saturated heterocycles. The van der Waals surface area contributed by atoms with Crippen LogP contribution in [0.25, 0.3) is 17.0 Å². The molecular formula is C14H13FN4O3S. The van der Waals surface area contributed by atoms with Crippen LogP contribution in [0.5, 0.6) is 5.75 Å². The summed E-state index contributed by atoms with van der Waals surface area (Å²) in [6.45, 7) is 2.03. The van der Waals surface area contributed by atoms with Crippen molar-refractivity contribution < 1.29 is 19.0 Å². The fourth-order valence-corrected chi connectivity index (χ4v) is 2.82. The van der Waals surface area contributed by atoms with Crippen LogP contribution in [0.4, 0.5) is 9.18 Å². The number of thioether (sulfide) groups is 1. The first-order valence-electron chi connectivity index (χ1n) is 6.84. The lowest BCUT2D eigenvalue weighted by atomic mass is 10.3. The fourth-order valence-electron chi connectivity index (χ4n) is 2.00. The molecule has 0 atom stereocenters. The number of H-pyrrole nitrogens is 1. The van der Waals surface area contributed by atoms with E-state index in [4.69, 9.17) is 5.11 Å². The maximum atomic E-state index is 14.0. The summed E-state index contributed by atoms with van der Waals surface area (Å²) in [6, 6.07) is 3.07. The predicted molar refractivity (Wildman–Crippen MR) is 82.8 cm³/mol. The second-order valence-corrected chi connectivity index (χ2v) is 5.83. The number of carbonyl (C=O) groups is 1. The molecule has 0 saturated carbocycles. The van der Waals surface area contributed by atoms with Gasteiger partial charge in [-0.1, -0.05) is 6.92 Å². The summed E-state index contributed by atoms with van der Waals surface area (Å²) in [6.07, 6.45) is 2.15. The molecule has 0 unspecified atom stereocenters. The zero-order valence-corrected chi connectivity index (χ0v) is 12.9. The Hall–Kier alpha value is -2.55. The van der Waals surface area contributed by atoms with Crippen molar-refractivity contribution in [3.63, 3.8) is 0 Å². The van der Waals surface area contributed by atoms with E-state index in [-0.39, 0.29) is 11.6 Å². The first-order chi connectivity index (χ1) is 11.1. The number of aromatic nitrogens is 4. The molecule has 2 aromatic heterocycles. The van der Waals surface area contributed by atoms with Gasteiger partial charge in [0, 0.05) is 11.0 Å². The highest BCUT2D eigenvalue weighted by Gasteiger charge is 2.12. The van der Waals surface area contributed by atoms with Crippen molar-refractivity contribution in [2.75, 3.05) is 5.75 Å². The average Bonchev–Trinajstić information content (AvgIpc) is 3.10. The van der Waals surface area contributed by atoms with Gasteiger partial charge < -0.3 is 14.8 Å². The minimum atomic E-state index is -1.42. The third-order valence-corrected chi connectivity index (χ3v) is 4.20. The molecule has 0 aliphatic heterocycles. The molecule has 7 nitrogen and oxygen atoms in total. The van der Waals surface area contributed by atoms with Crippen LogP contribution < -0.4 is 4.74 Å². The van der Waals surface area contributed by atoms with E-state index in [1.54, 1.807) is 6.07 Å². The van der Waals surface area contributed by atoms with E-state index in [1.165, 1.54) is 34.9 Å². The Labute approximate surface area is 134 Å². The molecule has 1 aromatic carbocycles. The van der Waals surface area contributed by atoms with Gasteiger partial charge in [-0.2, -0.15) is 5.10 Å². The second-order valence-electron chi connectivity index (χ2n) is 4.70. The van der Waals surface area contributed by atoms with E-state index in [0.717, 1.165) is 12.2 Å². The Morgan fingerprint density at radius 2 is 2.35 bits per heavy atom. The Morgan fingerprint density at radius 3 is 3.09 bits per heavy atom. The van der Waals surface area contributed by atoms with E-state index in [0.29, 0.717) is 21.9 Å². The zero-order valence-electron chi connectivity index (χ0n) is 12.1. The van der Waals surface area contributed by atoms with Crippen molar-refractivity contribution in [2.45, 2.75) is 18.2 Å². The Morgan fingerprint density at radius 1 is 1.52 bits per heavy atom. The molecular weight excluding hydrogens is 323 g/mol. The number of benzene rings is 1. The zero-order chi connectivity index (χ0) is 16.4. The van der Waals surface area contributed by atoms with Crippen molar-refractivity contribution >= 4 is 29.0 Å². The Balaban J connectivity index is 1.93. The van der Waals surface area contributed by atoms with Gasteiger partial charge in [0.05, 0.1) is 23.4 Å². The molecule has 0 fully saturated rings. The lowest BCUT2D eigenvalue weighted by molar-refractivity contribution is 0.144. The first-order valence-corrected chi connectivity index (χ1v) is 7.83. The molecule has 0 aliphatic rings. The number of fused-ring (bicyclic) bond motifs is 1. The minimum absolute atomic E-state index is 0.0725. The van der Waals surface area contributed by atoms with Crippen LogP contribution in [0.2, 0.25) is 0 Å². The van der Waals surface area contributed by atoms with Crippen LogP contribution in [-0.2, 0) is 0 Å². The lowest BCUT2D eigenvalue weighted by Gasteiger charge is -2.01. The van der Waals surface area contributed by atoms with Gasteiger partial charge in [-0.15, -0.1) is 11.8 Å². The number of imidazole rings is 1. The summed E-state index contributed by atoms with van der Waals surface area (Å²) >= 11 is 1.44. The number of hydrogen-bond donors (Lipinski definition) is 2. The molecule has 0 amide bonds. The molecule has 23 heavy (non-hydrogen) atoms. The van der Waals surface area contributed by atoms with E-state index in [1.807, 2.05) is 6.92 Å². The summed E-state index contributed by atoms with van der Waals surface area (Å²) in [4.78, 5) is 18.3. The number of hydrogen-bond acceptors (Lipinski definition) is 5. The van der Waals surface area contributed by atoms with Crippen molar-refractivity contribution in [3.05, 3.63) is 30.3 Å². The average molecular weight is 336 g/mol. The molecule has 0 aliphatic carbocycles. The molecule has 3 aromatic rings. The van der Waals surface area contributed by atoms with Crippen LogP contribution in [0.1, 0.15) is 13.3 Å². The summed E-state index contributed by atoms with van der Waals surface area (Å²) in [5.41, 5.74) is 1.14. The van der Waals surface area contributed by atoms with Gasteiger partial charge in [-0.05, 0) is 18.2 Å². The molecule has 0 radical (unpaired) electrons. The van der Waals surface area contributed by atoms with Gasteiger partial charge in [-0.25, -0.2) is 18.9 Å². The van der Waals surface area contributed by atoms with E-state index in [2.05, 4.69) is 19.8 Å². The third-order valence-electron chi connectivity index (χ3n) is 2.97. The highest BCUT2D eigenvalue weighted by Crippen LogP contribution is 2.27. The van der Waals surface area contributed by atoms with E-state index >= 15 is 0 Å². The summed E-state index contributed by atoms with van der Waals surface area (Å²) in [7, 11) is 0. The van der Waals surface area contributed by atoms with Crippen LogP contribution in [-0.4, -0.2) is 36.8 Å². The molecule has 3 rings (SSSR count). The van der Waals surface area contributed by atoms with Crippen molar-refractivity contribution in [1.82, 2.24) is 19.7 Å². The van der Waals surface area contributed by atoms with Gasteiger partial charge >= 0.3 is 6.16 Å². The number of aromatic amines is 1. The number of carboxylic acid groups (broad SMARTS) is 1. The topological polar surface area (TPSA) is 93.0 Å². The number of halogens is 1. The maximum absolute atomic E-state index is 14.0. The number of nitrogens with one attached hydrogen (secondary N) is 1. The summed E-state index contributed by atoms with van der Waals surface area (Å²) in [5, 5.41) is 12.5. The summed E-state index contributed by atoms with van der Waals surface area (Å²) < 4.78 is 19.9. The molecule has 2 heterocycles. The standard InChI is InChI=1S/C14H13FN4O3S/c1-2-3-23-12-5-11-10(4-9(12)15)17-13(18-11)19-7-8(6-16-19)22-14(20)21/h4-7H,2-3H2,1H3,(H,17,18)(H,20,21). The normalized spacial score (nSPS) is 11.0. The minimum Gasteiger partial charge on any atom is -0.449 e. The van der Waals surface area contributed by atoms with Gasteiger partial charge in [0.1, 0.15) is 5.82 Å². The molecule has 2 N–H and O–H groups in total. The van der Waals surface area contributed by atoms with Gasteiger partial charge in [0.2, 0.25) is 5.95 Å².